The van der Waals surface area contributed by atoms with Gasteiger partial charge < -0.3 is 4.74 Å². The molecule has 0 N–H and O–H groups in total. The maximum Gasteiger partial charge on any atom is 0.417 e. The molecule has 0 saturated carbocycles. The molecule has 3 heterocycles. The van der Waals surface area contributed by atoms with E-state index in [2.05, 4.69) is 0 Å². The number of hydrogen-bond acceptors (Lipinski definition) is 6. The minimum absolute atomic E-state index is 0.399. The summed E-state index contributed by atoms with van der Waals surface area (Å²) in [5.41, 5.74) is -6.01. The minimum atomic E-state index is -4.89. The van der Waals surface area contributed by atoms with E-state index in [-0.39, 0.29) is 0 Å². The lowest BCUT2D eigenvalue weighted by Gasteiger charge is -2.40. The molecule has 4 atom stereocenters. The summed E-state index contributed by atoms with van der Waals surface area (Å²) >= 11 is 0. The monoisotopic (exact) mass is 421 g/mol. The summed E-state index contributed by atoms with van der Waals surface area (Å²) in [5, 5.41) is 8.94. The molecule has 30 heavy (non-hydrogen) atoms. The zero-order chi connectivity index (χ0) is 22.4. The molecular weight excluding hydrogens is 407 g/mol. The van der Waals surface area contributed by atoms with Crippen molar-refractivity contribution in [3.63, 3.8) is 0 Å². The third-order valence-electron chi connectivity index (χ3n) is 6.06. The van der Waals surface area contributed by atoms with Gasteiger partial charge in [0.25, 0.3) is 11.8 Å². The molecule has 156 valence electrons. The maximum atomic E-state index is 13.3. The number of alkyl halides is 3. The Balaban J connectivity index is 1.86. The van der Waals surface area contributed by atoms with Crippen molar-refractivity contribution >= 4 is 29.3 Å². The van der Waals surface area contributed by atoms with Gasteiger partial charge in [0, 0.05) is 7.05 Å². The molecule has 2 bridgehead atoms. The highest BCUT2D eigenvalue weighted by Crippen LogP contribution is 2.56. The first-order chi connectivity index (χ1) is 13.8. The van der Waals surface area contributed by atoms with Crippen LogP contribution in [0.3, 0.4) is 0 Å². The molecular formula is C19H14F3N3O5. The van der Waals surface area contributed by atoms with Crippen molar-refractivity contribution in [2.45, 2.75) is 31.2 Å². The van der Waals surface area contributed by atoms with Gasteiger partial charge in [0.05, 0.1) is 34.7 Å². The zero-order valence-electron chi connectivity index (χ0n) is 15.9. The molecule has 3 aliphatic rings. The number of amides is 4. The maximum absolute atomic E-state index is 13.3. The lowest BCUT2D eigenvalue weighted by molar-refractivity contribution is -0.196. The average Bonchev–Trinajstić information content (AvgIpc) is 3.08. The number of carbonyl (C=O) groups is 4. The van der Waals surface area contributed by atoms with Crippen molar-refractivity contribution in [3.05, 3.63) is 29.3 Å². The number of nitriles is 1. The van der Waals surface area contributed by atoms with E-state index in [0.717, 1.165) is 17.0 Å². The molecule has 3 aliphatic heterocycles. The van der Waals surface area contributed by atoms with E-state index in [4.69, 9.17) is 10.00 Å². The minimum Gasteiger partial charge on any atom is -0.348 e. The van der Waals surface area contributed by atoms with Crippen molar-refractivity contribution in [1.82, 2.24) is 4.90 Å². The smallest absolute Gasteiger partial charge is 0.348 e. The van der Waals surface area contributed by atoms with E-state index in [0.29, 0.717) is 11.0 Å². The number of fused-ring (bicyclic) bond motifs is 5. The van der Waals surface area contributed by atoms with Crippen molar-refractivity contribution in [3.8, 4) is 6.07 Å². The second-order valence-electron chi connectivity index (χ2n) is 7.79. The molecule has 0 aromatic heterocycles. The standard InChI is InChI=1S/C19H14F3N3O5/c1-17-11-12(18(2,30-17)16(29)24(3)15(17)28)14(27)25(13(11)26)9-5-4-8(7-23)10(6-9)19(20,21)22/h4-6,11-12H,1-3H3/t11-,12+,17+,18-. The van der Waals surface area contributed by atoms with Gasteiger partial charge in [0.1, 0.15) is 0 Å². The quantitative estimate of drug-likeness (QED) is 0.632. The van der Waals surface area contributed by atoms with Gasteiger partial charge in [-0.05, 0) is 32.0 Å². The molecule has 4 rings (SSSR count). The van der Waals surface area contributed by atoms with E-state index < -0.39 is 69.7 Å². The lowest BCUT2D eigenvalue weighted by atomic mass is 9.78. The Hall–Kier alpha value is -3.26. The largest absolute Gasteiger partial charge is 0.417 e. The summed E-state index contributed by atoms with van der Waals surface area (Å²) < 4.78 is 45.6. The number of likely N-dealkylation sites (N-methyl/N-ethyl adjacent to an activating group) is 1. The number of rotatable bonds is 1. The van der Waals surface area contributed by atoms with Crippen LogP contribution in [0, 0.1) is 23.2 Å². The fourth-order valence-electron chi connectivity index (χ4n) is 4.72. The number of nitrogens with zero attached hydrogens (tertiary/aromatic N) is 3. The van der Waals surface area contributed by atoms with Crippen LogP contribution < -0.4 is 4.90 Å². The number of benzene rings is 1. The summed E-state index contributed by atoms with van der Waals surface area (Å²) in [6.07, 6.45) is -4.89. The highest BCUT2D eigenvalue weighted by molar-refractivity contribution is 6.27. The molecule has 8 nitrogen and oxygen atoms in total. The van der Waals surface area contributed by atoms with Crippen LogP contribution in [0.25, 0.3) is 0 Å². The Labute approximate surface area is 167 Å². The third-order valence-corrected chi connectivity index (χ3v) is 6.06. The predicted octanol–water partition coefficient (Wildman–Crippen LogP) is 1.23. The Morgan fingerprint density at radius 1 is 1.03 bits per heavy atom. The molecule has 3 saturated heterocycles. The summed E-state index contributed by atoms with van der Waals surface area (Å²) in [4.78, 5) is 53.0. The van der Waals surface area contributed by atoms with Crippen LogP contribution in [-0.2, 0) is 30.1 Å². The molecule has 1 aromatic rings. The molecule has 4 amide bonds. The van der Waals surface area contributed by atoms with Crippen molar-refractivity contribution in [1.29, 1.82) is 5.26 Å². The molecule has 3 fully saturated rings. The van der Waals surface area contributed by atoms with Crippen LogP contribution >= 0.6 is 0 Å². The zero-order valence-corrected chi connectivity index (χ0v) is 15.9. The SMILES string of the molecule is CN1C(=O)[C@]2(C)O[C@](C)(C1=O)[C@H]1C(=O)N(c3ccc(C#N)c(C(F)(F)F)c3)C(=O)[C@H]12. The Kier molecular flexibility index (Phi) is 3.78. The van der Waals surface area contributed by atoms with Crippen molar-refractivity contribution in [2.75, 3.05) is 11.9 Å². The van der Waals surface area contributed by atoms with Gasteiger partial charge in [0.2, 0.25) is 11.8 Å². The number of hydrogen-bond donors (Lipinski definition) is 0. The molecule has 11 heteroatoms. The number of carbonyl (C=O) groups excluding carboxylic acids is 4. The number of likely N-dealkylation sites (tertiary alicyclic amines) is 1. The Bertz CT molecular complexity index is 1050. The van der Waals surface area contributed by atoms with E-state index in [1.807, 2.05) is 0 Å². The predicted molar refractivity (Wildman–Crippen MR) is 91.3 cm³/mol. The van der Waals surface area contributed by atoms with Gasteiger partial charge >= 0.3 is 6.18 Å². The highest BCUT2D eigenvalue weighted by atomic mass is 19.4. The van der Waals surface area contributed by atoms with Gasteiger partial charge in [0.15, 0.2) is 11.2 Å². The Morgan fingerprint density at radius 2 is 1.53 bits per heavy atom. The first-order valence-electron chi connectivity index (χ1n) is 8.81. The van der Waals surface area contributed by atoms with Crippen LogP contribution in [0.15, 0.2) is 18.2 Å². The molecule has 0 spiro atoms. The first kappa shape index (κ1) is 20.0. The van der Waals surface area contributed by atoms with E-state index >= 15 is 0 Å². The van der Waals surface area contributed by atoms with Crippen molar-refractivity contribution in [2.24, 2.45) is 11.8 Å². The summed E-state index contributed by atoms with van der Waals surface area (Å²) in [7, 11) is 1.22. The number of halogens is 3. The van der Waals surface area contributed by atoms with Gasteiger partial charge in [-0.15, -0.1) is 0 Å². The van der Waals surface area contributed by atoms with Crippen LogP contribution in [0.4, 0.5) is 18.9 Å². The fraction of sp³-hybridized carbons (Fsp3) is 0.421. The number of ether oxygens (including phenoxy) is 1. The molecule has 0 radical (unpaired) electrons. The highest BCUT2D eigenvalue weighted by Gasteiger charge is 2.77. The normalized spacial score (nSPS) is 33.2. The number of morpholine rings is 1. The van der Waals surface area contributed by atoms with E-state index in [9.17, 15) is 32.3 Å². The fourth-order valence-corrected chi connectivity index (χ4v) is 4.72. The molecule has 0 aliphatic carbocycles. The second-order valence-corrected chi connectivity index (χ2v) is 7.79. The van der Waals surface area contributed by atoms with Crippen molar-refractivity contribution < 1.29 is 37.1 Å². The first-order valence-corrected chi connectivity index (χ1v) is 8.81. The average molecular weight is 421 g/mol. The van der Waals surface area contributed by atoms with Crippen LogP contribution in [0.5, 0.6) is 0 Å². The van der Waals surface area contributed by atoms with Crippen LogP contribution in [0.1, 0.15) is 25.0 Å². The molecule has 1 aromatic carbocycles. The third kappa shape index (κ3) is 2.19. The summed E-state index contributed by atoms with van der Waals surface area (Å²) in [6, 6.07) is 3.86. The van der Waals surface area contributed by atoms with Gasteiger partial charge in [-0.1, -0.05) is 0 Å². The topological polar surface area (TPSA) is 108 Å². The van der Waals surface area contributed by atoms with E-state index in [1.54, 1.807) is 0 Å². The molecule has 0 unspecified atom stereocenters. The van der Waals surface area contributed by atoms with Crippen LogP contribution in [-0.4, -0.2) is 46.8 Å². The summed E-state index contributed by atoms with van der Waals surface area (Å²) in [5.74, 6) is -6.24. The van der Waals surface area contributed by atoms with Gasteiger partial charge in [-0.3, -0.25) is 24.1 Å². The second kappa shape index (κ2) is 5.66. The van der Waals surface area contributed by atoms with E-state index in [1.165, 1.54) is 27.0 Å². The summed E-state index contributed by atoms with van der Waals surface area (Å²) in [6.45, 7) is 2.57. The number of imide groups is 2. The lowest BCUT2D eigenvalue weighted by Crippen LogP contribution is -2.63. The number of anilines is 1. The Morgan fingerprint density at radius 3 is 1.97 bits per heavy atom. The van der Waals surface area contributed by atoms with Gasteiger partial charge in [-0.2, -0.15) is 18.4 Å². The van der Waals surface area contributed by atoms with Gasteiger partial charge in [-0.25, -0.2) is 4.90 Å². The van der Waals surface area contributed by atoms with Crippen LogP contribution in [0.2, 0.25) is 0 Å².